The summed E-state index contributed by atoms with van der Waals surface area (Å²) < 4.78 is 5.01. The molecule has 3 N–H and O–H groups in total. The van der Waals surface area contributed by atoms with Crippen LogP contribution >= 0.6 is 0 Å². The molecular formula is C15H23N2O4. The summed E-state index contributed by atoms with van der Waals surface area (Å²) in [4.78, 5) is 35.1. The summed E-state index contributed by atoms with van der Waals surface area (Å²) in [5.41, 5.74) is 5.25. The van der Waals surface area contributed by atoms with Crippen LogP contribution in [0.1, 0.15) is 38.5 Å². The van der Waals surface area contributed by atoms with E-state index >= 15 is 0 Å². The predicted octanol–water partition coefficient (Wildman–Crippen LogP) is 0.347. The molecule has 0 spiro atoms. The van der Waals surface area contributed by atoms with Crippen molar-refractivity contribution in [3.8, 4) is 0 Å². The SMILES string of the molecule is NC(=O)C1COCC(=O)C1NC(=O)[CH]CC1CCCCC1. The highest BCUT2D eigenvalue weighted by Crippen LogP contribution is 2.27. The van der Waals surface area contributed by atoms with Crippen molar-refractivity contribution >= 4 is 17.6 Å². The number of hydrogen-bond donors (Lipinski definition) is 2. The number of rotatable bonds is 5. The third-order valence-corrected chi connectivity index (χ3v) is 4.32. The van der Waals surface area contributed by atoms with Crippen LogP contribution in [-0.2, 0) is 19.1 Å². The molecule has 21 heavy (non-hydrogen) atoms. The van der Waals surface area contributed by atoms with E-state index in [1.807, 2.05) is 0 Å². The van der Waals surface area contributed by atoms with Crippen LogP contribution in [0, 0.1) is 18.3 Å². The average molecular weight is 295 g/mol. The monoisotopic (exact) mass is 295 g/mol. The fourth-order valence-electron chi connectivity index (χ4n) is 3.03. The van der Waals surface area contributed by atoms with E-state index in [0.717, 1.165) is 19.3 Å². The molecule has 2 amide bonds. The highest BCUT2D eigenvalue weighted by Gasteiger charge is 2.37. The van der Waals surface area contributed by atoms with Crippen LogP contribution < -0.4 is 11.1 Å². The lowest BCUT2D eigenvalue weighted by atomic mass is 9.86. The van der Waals surface area contributed by atoms with E-state index in [1.165, 1.54) is 19.3 Å². The number of carbonyl (C=O) groups is 3. The zero-order valence-electron chi connectivity index (χ0n) is 12.2. The number of carbonyl (C=O) groups excluding carboxylic acids is 3. The van der Waals surface area contributed by atoms with Gasteiger partial charge in [0, 0.05) is 6.42 Å². The first kappa shape index (κ1) is 15.9. The van der Waals surface area contributed by atoms with Gasteiger partial charge in [-0.15, -0.1) is 0 Å². The fraction of sp³-hybridized carbons (Fsp3) is 0.733. The summed E-state index contributed by atoms with van der Waals surface area (Å²) in [6, 6.07) is -0.855. The Morgan fingerprint density at radius 1 is 1.29 bits per heavy atom. The Morgan fingerprint density at radius 2 is 2.00 bits per heavy atom. The number of amides is 2. The van der Waals surface area contributed by atoms with Crippen LogP contribution in [0.5, 0.6) is 0 Å². The van der Waals surface area contributed by atoms with Gasteiger partial charge in [0.25, 0.3) is 0 Å². The second-order valence-corrected chi connectivity index (χ2v) is 5.92. The molecule has 0 aromatic heterocycles. The van der Waals surface area contributed by atoms with Crippen LogP contribution in [0.25, 0.3) is 0 Å². The lowest BCUT2D eigenvalue weighted by molar-refractivity contribution is -0.143. The van der Waals surface area contributed by atoms with Gasteiger partial charge in [-0.2, -0.15) is 0 Å². The number of ketones is 1. The van der Waals surface area contributed by atoms with Gasteiger partial charge in [-0.3, -0.25) is 14.4 Å². The van der Waals surface area contributed by atoms with E-state index in [0.29, 0.717) is 5.92 Å². The second kappa shape index (κ2) is 7.54. The van der Waals surface area contributed by atoms with E-state index in [-0.39, 0.29) is 24.9 Å². The van der Waals surface area contributed by atoms with Gasteiger partial charge in [0.2, 0.25) is 11.8 Å². The first-order chi connectivity index (χ1) is 10.1. The van der Waals surface area contributed by atoms with Gasteiger partial charge in [0.05, 0.1) is 12.5 Å². The van der Waals surface area contributed by atoms with Crippen molar-refractivity contribution in [3.05, 3.63) is 6.42 Å². The van der Waals surface area contributed by atoms with Gasteiger partial charge >= 0.3 is 0 Å². The molecule has 6 nitrogen and oxygen atoms in total. The van der Waals surface area contributed by atoms with Crippen LogP contribution in [0.3, 0.4) is 0 Å². The van der Waals surface area contributed by atoms with Gasteiger partial charge in [0.15, 0.2) is 5.78 Å². The van der Waals surface area contributed by atoms with E-state index in [4.69, 9.17) is 10.5 Å². The molecule has 2 rings (SSSR count). The molecule has 6 heteroatoms. The molecule has 1 radical (unpaired) electrons. The minimum absolute atomic E-state index is 0.0780. The molecule has 1 heterocycles. The largest absolute Gasteiger partial charge is 0.373 e. The highest BCUT2D eigenvalue weighted by molar-refractivity contribution is 5.97. The summed E-state index contributed by atoms with van der Waals surface area (Å²) in [5, 5.41) is 2.61. The molecule has 0 aromatic carbocycles. The summed E-state index contributed by atoms with van der Waals surface area (Å²) in [7, 11) is 0. The summed E-state index contributed by atoms with van der Waals surface area (Å²) in [5.74, 6) is -1.45. The van der Waals surface area contributed by atoms with Crippen LogP contribution in [0.15, 0.2) is 0 Å². The number of nitrogens with one attached hydrogen (secondary N) is 1. The summed E-state index contributed by atoms with van der Waals surface area (Å²) in [6.45, 7) is -0.00794. The molecule has 1 saturated heterocycles. The maximum absolute atomic E-state index is 12.0. The van der Waals surface area contributed by atoms with E-state index in [1.54, 1.807) is 6.42 Å². The van der Waals surface area contributed by atoms with Crippen molar-refractivity contribution in [2.45, 2.75) is 44.6 Å². The van der Waals surface area contributed by atoms with Gasteiger partial charge in [-0.25, -0.2) is 0 Å². The topological polar surface area (TPSA) is 98.5 Å². The van der Waals surface area contributed by atoms with Crippen LogP contribution in [-0.4, -0.2) is 36.9 Å². The average Bonchev–Trinajstić information content (AvgIpc) is 2.48. The Morgan fingerprint density at radius 3 is 2.67 bits per heavy atom. The van der Waals surface area contributed by atoms with Gasteiger partial charge in [-0.1, -0.05) is 32.1 Å². The molecule has 1 aliphatic heterocycles. The normalized spacial score (nSPS) is 27.3. The van der Waals surface area contributed by atoms with E-state index < -0.39 is 17.9 Å². The minimum Gasteiger partial charge on any atom is -0.373 e. The van der Waals surface area contributed by atoms with Crippen LogP contribution in [0.2, 0.25) is 0 Å². The van der Waals surface area contributed by atoms with Gasteiger partial charge < -0.3 is 15.8 Å². The molecule has 2 atom stereocenters. The highest BCUT2D eigenvalue weighted by atomic mass is 16.5. The Kier molecular flexibility index (Phi) is 5.73. The Labute approximate surface area is 124 Å². The van der Waals surface area contributed by atoms with Crippen LogP contribution in [0.4, 0.5) is 0 Å². The molecule has 1 aliphatic carbocycles. The van der Waals surface area contributed by atoms with Crippen molar-refractivity contribution < 1.29 is 19.1 Å². The summed E-state index contributed by atoms with van der Waals surface area (Å²) in [6.07, 6.45) is 8.36. The first-order valence-corrected chi connectivity index (χ1v) is 7.61. The maximum Gasteiger partial charge on any atom is 0.225 e. The van der Waals surface area contributed by atoms with E-state index in [2.05, 4.69) is 5.32 Å². The van der Waals surface area contributed by atoms with Gasteiger partial charge in [0.1, 0.15) is 12.6 Å². The standard InChI is InChI=1S/C15H23N2O4/c16-15(20)11-8-21-9-12(18)14(11)17-13(19)7-6-10-4-2-1-3-5-10/h7,10-11,14H,1-6,8-9H2,(H2,16,20)(H,17,19). The Bertz CT molecular complexity index is 404. The third-order valence-electron chi connectivity index (χ3n) is 4.32. The quantitative estimate of drug-likeness (QED) is 0.764. The molecular weight excluding hydrogens is 272 g/mol. The van der Waals surface area contributed by atoms with Crippen molar-refractivity contribution in [3.63, 3.8) is 0 Å². The minimum atomic E-state index is -0.855. The molecule has 0 bridgehead atoms. The number of nitrogens with two attached hydrogens (primary N) is 1. The third kappa shape index (κ3) is 4.52. The fourth-order valence-corrected chi connectivity index (χ4v) is 3.03. The maximum atomic E-state index is 12.0. The first-order valence-electron chi connectivity index (χ1n) is 7.61. The van der Waals surface area contributed by atoms with Crippen molar-refractivity contribution in [2.24, 2.45) is 17.6 Å². The zero-order chi connectivity index (χ0) is 15.2. The molecule has 0 aromatic rings. The lowest BCUT2D eigenvalue weighted by Crippen LogP contribution is -2.55. The number of ether oxygens (including phenoxy) is 1. The van der Waals surface area contributed by atoms with Crippen molar-refractivity contribution in [1.29, 1.82) is 0 Å². The second-order valence-electron chi connectivity index (χ2n) is 5.92. The molecule has 117 valence electrons. The number of Topliss-reactive ketones (excluding diaryl/α,β-unsaturated/α-hetero) is 1. The smallest absolute Gasteiger partial charge is 0.225 e. The summed E-state index contributed by atoms with van der Waals surface area (Å²) >= 11 is 0. The molecule has 1 saturated carbocycles. The van der Waals surface area contributed by atoms with Crippen molar-refractivity contribution in [2.75, 3.05) is 13.2 Å². The Hall–Kier alpha value is -1.43. The molecule has 2 aliphatic rings. The zero-order valence-corrected chi connectivity index (χ0v) is 12.2. The van der Waals surface area contributed by atoms with Gasteiger partial charge in [-0.05, 0) is 12.3 Å². The molecule has 2 unspecified atom stereocenters. The number of hydrogen-bond acceptors (Lipinski definition) is 4. The molecule has 2 fully saturated rings. The predicted molar refractivity (Wildman–Crippen MR) is 75.9 cm³/mol. The van der Waals surface area contributed by atoms with E-state index in [9.17, 15) is 14.4 Å². The number of primary amides is 1. The van der Waals surface area contributed by atoms with Crippen molar-refractivity contribution in [1.82, 2.24) is 5.32 Å². The lowest BCUT2D eigenvalue weighted by Gasteiger charge is -2.29. The Balaban J connectivity index is 1.81.